The maximum Gasteiger partial charge on any atom is 0.306 e. The second kappa shape index (κ2) is 55.9. The molecule has 0 aromatic rings. The molecule has 0 amide bonds. The molecule has 0 saturated heterocycles. The molecule has 0 spiro atoms. The summed E-state index contributed by atoms with van der Waals surface area (Å²) in [7, 11) is 0. The van der Waals surface area contributed by atoms with Crippen LogP contribution in [0.4, 0.5) is 0 Å². The van der Waals surface area contributed by atoms with Crippen molar-refractivity contribution in [3.63, 3.8) is 0 Å². The molecule has 0 aliphatic heterocycles. The number of rotatable bonds is 50. The van der Waals surface area contributed by atoms with Crippen molar-refractivity contribution in [2.24, 2.45) is 0 Å². The van der Waals surface area contributed by atoms with Crippen molar-refractivity contribution in [1.29, 1.82) is 0 Å². The Morgan fingerprint density at radius 2 is 0.574 bits per heavy atom. The molecule has 6 heteroatoms. The highest BCUT2D eigenvalue weighted by molar-refractivity contribution is 5.71. The Kier molecular flexibility index (Phi) is 52.9. The van der Waals surface area contributed by atoms with Gasteiger partial charge in [0.25, 0.3) is 0 Å². The first-order valence-electron chi connectivity index (χ1n) is 28.2. The molecule has 0 bridgehead atoms. The zero-order valence-corrected chi connectivity index (χ0v) is 44.3. The highest BCUT2D eigenvalue weighted by Gasteiger charge is 2.19. The van der Waals surface area contributed by atoms with E-state index in [9.17, 15) is 14.4 Å². The van der Waals surface area contributed by atoms with Crippen LogP contribution < -0.4 is 0 Å². The lowest BCUT2D eigenvalue weighted by molar-refractivity contribution is -0.167. The Labute approximate surface area is 419 Å². The van der Waals surface area contributed by atoms with E-state index in [1.165, 1.54) is 103 Å². The average Bonchev–Trinajstić information content (AvgIpc) is 3.34. The number of allylic oxidation sites excluding steroid dienone is 16. The van der Waals surface area contributed by atoms with Crippen molar-refractivity contribution < 1.29 is 28.6 Å². The van der Waals surface area contributed by atoms with Gasteiger partial charge in [-0.2, -0.15) is 0 Å². The maximum atomic E-state index is 12.9. The zero-order valence-electron chi connectivity index (χ0n) is 44.3. The number of carbonyl (C=O) groups excluding carboxylic acids is 3. The molecule has 0 saturated carbocycles. The first kappa shape index (κ1) is 64.3. The van der Waals surface area contributed by atoms with Crippen LogP contribution in [-0.2, 0) is 28.6 Å². The number of carbonyl (C=O) groups is 3. The summed E-state index contributed by atoms with van der Waals surface area (Å²) in [6.45, 7) is 6.36. The van der Waals surface area contributed by atoms with Crippen LogP contribution in [0.25, 0.3) is 0 Å². The van der Waals surface area contributed by atoms with Crippen LogP contribution in [0, 0.1) is 0 Å². The summed E-state index contributed by atoms with van der Waals surface area (Å²) >= 11 is 0. The molecule has 0 aliphatic rings. The predicted octanol–water partition coefficient (Wildman–Crippen LogP) is 18.9. The van der Waals surface area contributed by atoms with E-state index in [0.717, 1.165) is 116 Å². The van der Waals surface area contributed by atoms with Crippen molar-refractivity contribution in [2.45, 2.75) is 264 Å². The van der Waals surface area contributed by atoms with Gasteiger partial charge in [0.05, 0.1) is 0 Å². The minimum Gasteiger partial charge on any atom is -0.462 e. The van der Waals surface area contributed by atoms with E-state index >= 15 is 0 Å². The molecule has 0 fully saturated rings. The summed E-state index contributed by atoms with van der Waals surface area (Å²) < 4.78 is 16.8. The standard InChI is InChI=1S/C62H104O6/c1-4-7-10-13-16-19-22-25-27-29-31-33-35-37-40-43-46-49-52-55-61(64)67-58-59(57-66-60(63)54-51-48-45-42-39-24-21-18-15-12-9-6-3)68-62(65)56-53-50-47-44-41-38-36-34-32-30-28-26-23-20-17-14-11-8-5-2/h7,9-10,12,16,18-19,21,25,27,31,33,37,39-40,42,59H,4-6,8,11,13-15,17,20,22-24,26,28-30,32,34-36,38,41,43-58H2,1-3H3/b10-7-,12-9-,19-16-,21-18-,27-25-,33-31-,40-37-,42-39-. The number of hydrogen-bond donors (Lipinski definition) is 0. The van der Waals surface area contributed by atoms with Crippen LogP contribution >= 0.6 is 0 Å². The van der Waals surface area contributed by atoms with E-state index in [0.29, 0.717) is 19.3 Å². The Bertz CT molecular complexity index is 1360. The quantitative estimate of drug-likeness (QED) is 0.0262. The van der Waals surface area contributed by atoms with Crippen LogP contribution in [-0.4, -0.2) is 37.2 Å². The highest BCUT2D eigenvalue weighted by Crippen LogP contribution is 2.16. The van der Waals surface area contributed by atoms with E-state index in [1.807, 2.05) is 0 Å². The van der Waals surface area contributed by atoms with Crippen molar-refractivity contribution in [3.05, 3.63) is 97.2 Å². The third kappa shape index (κ3) is 53.3. The van der Waals surface area contributed by atoms with E-state index in [-0.39, 0.29) is 31.1 Å². The van der Waals surface area contributed by atoms with Crippen LogP contribution in [0.1, 0.15) is 258 Å². The first-order chi connectivity index (χ1) is 33.5. The minimum absolute atomic E-state index is 0.106. The van der Waals surface area contributed by atoms with Gasteiger partial charge in [-0.05, 0) is 96.3 Å². The average molecular weight is 946 g/mol. The van der Waals surface area contributed by atoms with Crippen LogP contribution in [0.3, 0.4) is 0 Å². The second-order valence-corrected chi connectivity index (χ2v) is 18.4. The van der Waals surface area contributed by atoms with Gasteiger partial charge in [0.2, 0.25) is 0 Å². The first-order valence-corrected chi connectivity index (χ1v) is 28.2. The van der Waals surface area contributed by atoms with Gasteiger partial charge in [-0.15, -0.1) is 0 Å². The SMILES string of the molecule is CC/C=C\C/C=C\C/C=C\C/C=C\C/C=C\CCCCCC(=O)OCC(COC(=O)CCCC/C=C\C/C=C\C/C=C\CC)OC(=O)CCCCCCCCCCCCCCCCCCCCC. The Morgan fingerprint density at radius 1 is 0.309 bits per heavy atom. The Morgan fingerprint density at radius 3 is 0.926 bits per heavy atom. The lowest BCUT2D eigenvalue weighted by Gasteiger charge is -2.18. The van der Waals surface area contributed by atoms with Gasteiger partial charge in [-0.25, -0.2) is 0 Å². The van der Waals surface area contributed by atoms with Crippen molar-refractivity contribution >= 4 is 17.9 Å². The molecule has 0 rings (SSSR count). The number of esters is 3. The third-order valence-electron chi connectivity index (χ3n) is 11.8. The molecule has 0 aliphatic carbocycles. The molecular weight excluding hydrogens is 841 g/mol. The van der Waals surface area contributed by atoms with E-state index in [1.54, 1.807) is 0 Å². The topological polar surface area (TPSA) is 78.9 Å². The molecule has 1 atom stereocenters. The Balaban J connectivity index is 4.43. The number of ether oxygens (including phenoxy) is 3. The van der Waals surface area contributed by atoms with Crippen LogP contribution in [0.5, 0.6) is 0 Å². The van der Waals surface area contributed by atoms with Crippen molar-refractivity contribution in [1.82, 2.24) is 0 Å². The van der Waals surface area contributed by atoms with Gasteiger partial charge < -0.3 is 14.2 Å². The van der Waals surface area contributed by atoms with E-state index < -0.39 is 6.10 Å². The summed E-state index contributed by atoms with van der Waals surface area (Å²) in [5.74, 6) is -0.971. The molecule has 388 valence electrons. The van der Waals surface area contributed by atoms with Crippen molar-refractivity contribution in [3.8, 4) is 0 Å². The van der Waals surface area contributed by atoms with Gasteiger partial charge in [0.15, 0.2) is 6.10 Å². The molecule has 0 heterocycles. The molecule has 0 aromatic heterocycles. The van der Waals surface area contributed by atoms with Crippen LogP contribution in [0.15, 0.2) is 97.2 Å². The number of unbranched alkanes of at least 4 members (excludes halogenated alkanes) is 23. The summed E-state index contributed by atoms with van der Waals surface area (Å²) in [5, 5.41) is 0. The lowest BCUT2D eigenvalue weighted by atomic mass is 10.0. The van der Waals surface area contributed by atoms with Crippen molar-refractivity contribution in [2.75, 3.05) is 13.2 Å². The number of hydrogen-bond acceptors (Lipinski definition) is 6. The fourth-order valence-electron chi connectivity index (χ4n) is 7.66. The fraction of sp³-hybridized carbons (Fsp3) is 0.694. The van der Waals surface area contributed by atoms with Gasteiger partial charge in [-0.1, -0.05) is 240 Å². The summed E-state index contributed by atoms with van der Waals surface area (Å²) in [6.07, 6.45) is 74.1. The predicted molar refractivity (Wildman–Crippen MR) is 293 cm³/mol. The molecule has 6 nitrogen and oxygen atoms in total. The maximum absolute atomic E-state index is 12.9. The third-order valence-corrected chi connectivity index (χ3v) is 11.8. The highest BCUT2D eigenvalue weighted by atomic mass is 16.6. The largest absolute Gasteiger partial charge is 0.462 e. The Hall–Kier alpha value is -3.67. The van der Waals surface area contributed by atoms with Gasteiger partial charge >= 0.3 is 17.9 Å². The molecule has 0 N–H and O–H groups in total. The lowest BCUT2D eigenvalue weighted by Crippen LogP contribution is -2.30. The van der Waals surface area contributed by atoms with Gasteiger partial charge in [0, 0.05) is 19.3 Å². The summed E-state index contributed by atoms with van der Waals surface area (Å²) in [6, 6.07) is 0. The minimum atomic E-state index is -0.806. The zero-order chi connectivity index (χ0) is 49.3. The second-order valence-electron chi connectivity index (χ2n) is 18.4. The van der Waals surface area contributed by atoms with E-state index in [2.05, 4.69) is 118 Å². The molecule has 0 radical (unpaired) electrons. The smallest absolute Gasteiger partial charge is 0.306 e. The summed E-state index contributed by atoms with van der Waals surface area (Å²) in [5.41, 5.74) is 0. The fourth-order valence-corrected chi connectivity index (χ4v) is 7.66. The van der Waals surface area contributed by atoms with Gasteiger partial charge in [-0.3, -0.25) is 14.4 Å². The van der Waals surface area contributed by atoms with E-state index in [4.69, 9.17) is 14.2 Å². The normalized spacial score (nSPS) is 12.8. The van der Waals surface area contributed by atoms with Crippen LogP contribution in [0.2, 0.25) is 0 Å². The van der Waals surface area contributed by atoms with Gasteiger partial charge in [0.1, 0.15) is 13.2 Å². The molecular formula is C62H104O6. The monoisotopic (exact) mass is 945 g/mol. The molecule has 0 aromatic carbocycles. The summed E-state index contributed by atoms with van der Waals surface area (Å²) in [4.78, 5) is 38.1. The molecule has 1 unspecified atom stereocenters. The molecule has 68 heavy (non-hydrogen) atoms.